The molecular formula is C28H35NO3. The Kier molecular flexibility index (Phi) is 9.12. The second-order valence-electron chi connectivity index (χ2n) is 8.08. The molecule has 0 amide bonds. The van der Waals surface area contributed by atoms with Crippen molar-refractivity contribution in [2.45, 2.75) is 59.0 Å². The van der Waals surface area contributed by atoms with Gasteiger partial charge in [0.1, 0.15) is 6.61 Å². The zero-order chi connectivity index (χ0) is 22.8. The Morgan fingerprint density at radius 3 is 2.19 bits per heavy atom. The van der Waals surface area contributed by atoms with Gasteiger partial charge in [-0.15, -0.1) is 0 Å². The van der Waals surface area contributed by atoms with E-state index in [-0.39, 0.29) is 11.5 Å². The summed E-state index contributed by atoms with van der Waals surface area (Å²) in [6.07, 6.45) is 4.71. The minimum absolute atomic E-state index is 0.0161. The number of hydrogen-bond donors (Lipinski definition) is 1. The van der Waals surface area contributed by atoms with Crippen molar-refractivity contribution in [3.63, 3.8) is 0 Å². The van der Waals surface area contributed by atoms with E-state index in [0.717, 1.165) is 48.9 Å². The summed E-state index contributed by atoms with van der Waals surface area (Å²) >= 11 is 0. The monoisotopic (exact) mass is 433 g/mol. The van der Waals surface area contributed by atoms with Crippen molar-refractivity contribution in [1.82, 2.24) is 4.98 Å². The van der Waals surface area contributed by atoms with Gasteiger partial charge in [-0.25, -0.2) is 0 Å². The van der Waals surface area contributed by atoms with Gasteiger partial charge >= 0.3 is 0 Å². The van der Waals surface area contributed by atoms with Crippen LogP contribution in [0.5, 0.6) is 5.88 Å². The molecule has 170 valence electrons. The molecule has 1 atom stereocenters. The van der Waals surface area contributed by atoms with E-state index < -0.39 is 0 Å². The lowest BCUT2D eigenvalue weighted by molar-refractivity contribution is 0.0243. The van der Waals surface area contributed by atoms with Gasteiger partial charge in [0.15, 0.2) is 11.3 Å². The summed E-state index contributed by atoms with van der Waals surface area (Å²) in [5, 5.41) is 0. The SMILES string of the molecule is CCCc1ccc(CCc2[nH]c(OCC(CC)OCC)cc(=O)c2-c2ccccc2)cc1. The molecule has 0 radical (unpaired) electrons. The van der Waals surface area contributed by atoms with E-state index in [2.05, 4.69) is 43.1 Å². The average Bonchev–Trinajstić information content (AvgIpc) is 2.82. The Balaban J connectivity index is 1.84. The molecule has 0 bridgehead atoms. The summed E-state index contributed by atoms with van der Waals surface area (Å²) in [7, 11) is 0. The van der Waals surface area contributed by atoms with Crippen molar-refractivity contribution in [2.75, 3.05) is 13.2 Å². The summed E-state index contributed by atoms with van der Waals surface area (Å²) < 4.78 is 11.6. The summed E-state index contributed by atoms with van der Waals surface area (Å²) in [6, 6.07) is 20.2. The van der Waals surface area contributed by atoms with Crippen LogP contribution in [0.3, 0.4) is 0 Å². The van der Waals surface area contributed by atoms with Crippen molar-refractivity contribution < 1.29 is 9.47 Å². The van der Waals surface area contributed by atoms with Crippen molar-refractivity contribution in [1.29, 1.82) is 0 Å². The molecule has 0 aliphatic rings. The first-order chi connectivity index (χ1) is 15.6. The second kappa shape index (κ2) is 12.3. The topological polar surface area (TPSA) is 51.3 Å². The van der Waals surface area contributed by atoms with Crippen LogP contribution in [0.2, 0.25) is 0 Å². The van der Waals surface area contributed by atoms with Gasteiger partial charge in [-0.2, -0.15) is 0 Å². The number of H-pyrrole nitrogens is 1. The third-order valence-electron chi connectivity index (χ3n) is 5.65. The molecule has 1 unspecified atom stereocenters. The van der Waals surface area contributed by atoms with E-state index in [9.17, 15) is 4.79 Å². The van der Waals surface area contributed by atoms with E-state index in [1.54, 1.807) is 6.07 Å². The average molecular weight is 434 g/mol. The maximum Gasteiger partial charge on any atom is 0.194 e. The number of hydrogen-bond acceptors (Lipinski definition) is 3. The maximum atomic E-state index is 13.1. The zero-order valence-corrected chi connectivity index (χ0v) is 19.5. The normalized spacial score (nSPS) is 12.0. The van der Waals surface area contributed by atoms with Crippen LogP contribution >= 0.6 is 0 Å². The minimum atomic E-state index is -0.0253. The molecule has 0 saturated heterocycles. The summed E-state index contributed by atoms with van der Waals surface area (Å²) in [6.45, 7) is 7.31. The van der Waals surface area contributed by atoms with E-state index in [1.165, 1.54) is 11.1 Å². The molecule has 32 heavy (non-hydrogen) atoms. The molecule has 4 nitrogen and oxygen atoms in total. The molecule has 3 aromatic rings. The Morgan fingerprint density at radius 1 is 0.875 bits per heavy atom. The number of aromatic amines is 1. The van der Waals surface area contributed by atoms with Crippen LogP contribution in [-0.2, 0) is 24.0 Å². The van der Waals surface area contributed by atoms with Crippen LogP contribution in [0.25, 0.3) is 11.1 Å². The van der Waals surface area contributed by atoms with Gasteiger partial charge in [-0.1, -0.05) is 74.9 Å². The van der Waals surface area contributed by atoms with E-state index in [1.807, 2.05) is 37.3 Å². The smallest absolute Gasteiger partial charge is 0.194 e. The van der Waals surface area contributed by atoms with Gasteiger partial charge in [-0.3, -0.25) is 4.79 Å². The lowest BCUT2D eigenvalue weighted by atomic mass is 9.98. The first-order valence-corrected chi connectivity index (χ1v) is 11.8. The third kappa shape index (κ3) is 6.57. The highest BCUT2D eigenvalue weighted by atomic mass is 16.5. The molecule has 0 saturated carbocycles. The fraction of sp³-hybridized carbons (Fsp3) is 0.393. The van der Waals surface area contributed by atoms with Crippen molar-refractivity contribution in [2.24, 2.45) is 0 Å². The van der Waals surface area contributed by atoms with Gasteiger partial charge in [-0.05, 0) is 49.3 Å². The summed E-state index contributed by atoms with van der Waals surface area (Å²) in [5.74, 6) is 0.501. The van der Waals surface area contributed by atoms with Crippen LogP contribution in [0.4, 0.5) is 0 Å². The van der Waals surface area contributed by atoms with Crippen LogP contribution in [0.1, 0.15) is 50.4 Å². The standard InChI is InChI=1S/C28H35NO3/c1-4-10-21-13-15-22(16-14-21)17-18-25-28(23-11-8-7-9-12-23)26(30)19-27(29-25)32-20-24(5-2)31-6-3/h7-9,11-16,19,24H,4-6,10,17-18,20H2,1-3H3,(H,29,30). The Hall–Kier alpha value is -2.85. The molecule has 1 N–H and O–H groups in total. The van der Waals surface area contributed by atoms with Crippen molar-refractivity contribution in [3.8, 4) is 17.0 Å². The van der Waals surface area contributed by atoms with Crippen molar-refractivity contribution in [3.05, 3.63) is 87.7 Å². The highest BCUT2D eigenvalue weighted by Gasteiger charge is 2.14. The molecule has 0 aliphatic heterocycles. The zero-order valence-electron chi connectivity index (χ0n) is 19.5. The van der Waals surface area contributed by atoms with Gasteiger partial charge in [0.25, 0.3) is 0 Å². The lowest BCUT2D eigenvalue weighted by Gasteiger charge is -2.17. The number of aryl methyl sites for hydroxylation is 3. The maximum absolute atomic E-state index is 13.1. The number of ether oxygens (including phenoxy) is 2. The number of pyridine rings is 1. The van der Waals surface area contributed by atoms with Gasteiger partial charge in [0, 0.05) is 23.9 Å². The van der Waals surface area contributed by atoms with Crippen LogP contribution < -0.4 is 10.2 Å². The number of nitrogens with one attached hydrogen (secondary N) is 1. The molecule has 3 rings (SSSR count). The van der Waals surface area contributed by atoms with Gasteiger partial charge in [0.05, 0.1) is 6.10 Å². The number of aromatic nitrogens is 1. The van der Waals surface area contributed by atoms with Gasteiger partial charge < -0.3 is 14.5 Å². The quantitative estimate of drug-likeness (QED) is 0.383. The molecule has 1 aromatic heterocycles. The largest absolute Gasteiger partial charge is 0.476 e. The summed E-state index contributed by atoms with van der Waals surface area (Å²) in [4.78, 5) is 16.5. The Morgan fingerprint density at radius 2 is 1.56 bits per heavy atom. The van der Waals surface area contributed by atoms with Crippen LogP contribution in [-0.4, -0.2) is 24.3 Å². The third-order valence-corrected chi connectivity index (χ3v) is 5.65. The molecule has 0 spiro atoms. The molecular weight excluding hydrogens is 398 g/mol. The fourth-order valence-corrected chi connectivity index (χ4v) is 3.91. The van der Waals surface area contributed by atoms with Crippen molar-refractivity contribution >= 4 is 0 Å². The Labute approximate surface area is 191 Å². The molecule has 1 heterocycles. The first kappa shape index (κ1) is 23.8. The molecule has 0 fully saturated rings. The van der Waals surface area contributed by atoms with E-state index in [4.69, 9.17) is 9.47 Å². The van der Waals surface area contributed by atoms with E-state index >= 15 is 0 Å². The lowest BCUT2D eigenvalue weighted by Crippen LogP contribution is -2.22. The molecule has 4 heteroatoms. The summed E-state index contributed by atoms with van der Waals surface area (Å²) in [5.41, 5.74) is 5.15. The predicted octanol–water partition coefficient (Wildman–Crippen LogP) is 5.97. The van der Waals surface area contributed by atoms with E-state index in [0.29, 0.717) is 19.1 Å². The number of benzene rings is 2. The predicted molar refractivity (Wildman–Crippen MR) is 132 cm³/mol. The molecule has 2 aromatic carbocycles. The highest BCUT2D eigenvalue weighted by Crippen LogP contribution is 2.23. The first-order valence-electron chi connectivity index (χ1n) is 11.8. The second-order valence-corrected chi connectivity index (χ2v) is 8.08. The Bertz CT molecular complexity index is 1010. The molecule has 0 aliphatic carbocycles. The van der Waals surface area contributed by atoms with Crippen LogP contribution in [0.15, 0.2) is 65.5 Å². The fourth-order valence-electron chi connectivity index (χ4n) is 3.91. The minimum Gasteiger partial charge on any atom is -0.476 e. The van der Waals surface area contributed by atoms with Gasteiger partial charge in [0.2, 0.25) is 0 Å². The highest BCUT2D eigenvalue weighted by molar-refractivity contribution is 5.66. The van der Waals surface area contributed by atoms with Crippen LogP contribution in [0, 0.1) is 0 Å². The number of rotatable bonds is 12.